The van der Waals surface area contributed by atoms with E-state index >= 15 is 0 Å². The van der Waals surface area contributed by atoms with Crippen molar-refractivity contribution in [3.63, 3.8) is 0 Å². The van der Waals surface area contributed by atoms with E-state index < -0.39 is 5.97 Å². The molecule has 0 N–H and O–H groups in total. The lowest BCUT2D eigenvalue weighted by Gasteiger charge is -2.07. The first-order chi connectivity index (χ1) is 11.7. The fourth-order valence-corrected chi connectivity index (χ4v) is 2.82. The Morgan fingerprint density at radius 1 is 0.897 bits per heavy atom. The minimum Gasteiger partial charge on any atom is -1.00 e. The van der Waals surface area contributed by atoms with Crippen molar-refractivity contribution < 1.29 is 37.2 Å². The molecule has 29 heavy (non-hydrogen) atoms. The smallest absolute Gasteiger partial charge is 0.350 e. The quantitative estimate of drug-likeness (QED) is 0.212. The van der Waals surface area contributed by atoms with Crippen LogP contribution in [0.15, 0.2) is 53.4 Å². The zero-order valence-corrected chi connectivity index (χ0v) is 17.1. The molecule has 2 rings (SSSR count). The van der Waals surface area contributed by atoms with Crippen LogP contribution in [-0.2, 0) is 4.18 Å². The molecule has 0 aromatic heterocycles. The van der Waals surface area contributed by atoms with Crippen molar-refractivity contribution in [1.29, 1.82) is 0 Å². The SMILES string of the molecule is CCCCCCOc1ccc(C(=O)OSc2ccccc2Cl)cc1.[F-].[F-].[F-].[F-].[F-]. The van der Waals surface area contributed by atoms with Crippen molar-refractivity contribution >= 4 is 29.6 Å². The molecule has 0 amide bonds. The minimum absolute atomic E-state index is 0. The second kappa shape index (κ2) is 19.3. The molecule has 0 saturated heterocycles. The first-order valence-electron chi connectivity index (χ1n) is 8.07. The Hall–Kier alpha value is -2.00. The van der Waals surface area contributed by atoms with Gasteiger partial charge in [-0.3, -0.25) is 0 Å². The third-order valence-corrected chi connectivity index (χ3v) is 4.61. The van der Waals surface area contributed by atoms with Crippen molar-refractivity contribution in [2.75, 3.05) is 6.61 Å². The second-order valence-corrected chi connectivity index (χ2v) is 6.50. The van der Waals surface area contributed by atoms with Gasteiger partial charge in [-0.05, 0) is 42.8 Å². The van der Waals surface area contributed by atoms with Gasteiger partial charge in [-0.25, -0.2) is 4.79 Å². The van der Waals surface area contributed by atoms with Crippen molar-refractivity contribution in [1.82, 2.24) is 0 Å². The summed E-state index contributed by atoms with van der Waals surface area (Å²) >= 11 is 6.99. The highest BCUT2D eigenvalue weighted by Crippen LogP contribution is 2.28. The Morgan fingerprint density at radius 3 is 2.10 bits per heavy atom. The Kier molecular flexibility index (Phi) is 23.0. The van der Waals surface area contributed by atoms with Crippen LogP contribution in [0, 0.1) is 0 Å². The van der Waals surface area contributed by atoms with Crippen LogP contribution >= 0.6 is 23.6 Å². The number of unbranched alkanes of at least 4 members (excludes halogenated alkanes) is 3. The van der Waals surface area contributed by atoms with E-state index in [-0.39, 0.29) is 23.5 Å². The normalized spacial score (nSPS) is 8.62. The number of ether oxygens (including phenoxy) is 1. The first kappa shape index (κ1) is 34.5. The van der Waals surface area contributed by atoms with Gasteiger partial charge in [0.15, 0.2) is 0 Å². The maximum atomic E-state index is 12.0. The van der Waals surface area contributed by atoms with Gasteiger partial charge >= 0.3 is 5.97 Å². The van der Waals surface area contributed by atoms with Crippen molar-refractivity contribution in [3.8, 4) is 5.75 Å². The summed E-state index contributed by atoms with van der Waals surface area (Å²) in [6.45, 7) is 2.88. The van der Waals surface area contributed by atoms with Crippen LogP contribution in [0.5, 0.6) is 5.75 Å². The Balaban J connectivity index is -0.000000625. The molecule has 0 saturated carbocycles. The van der Waals surface area contributed by atoms with E-state index in [2.05, 4.69) is 6.92 Å². The monoisotopic (exact) mass is 459 g/mol. The summed E-state index contributed by atoms with van der Waals surface area (Å²) in [5.74, 6) is 0.358. The summed E-state index contributed by atoms with van der Waals surface area (Å²) in [6, 6.07) is 14.2. The van der Waals surface area contributed by atoms with E-state index in [1.165, 1.54) is 19.3 Å². The molecule has 0 heterocycles. The molecule has 0 bridgehead atoms. The predicted molar refractivity (Wildman–Crippen MR) is 98.8 cm³/mol. The van der Waals surface area contributed by atoms with Crippen LogP contribution in [0.4, 0.5) is 0 Å². The van der Waals surface area contributed by atoms with Gasteiger partial charge in [0, 0.05) is 0 Å². The van der Waals surface area contributed by atoms with E-state index in [1.807, 2.05) is 12.1 Å². The number of hydrogen-bond acceptors (Lipinski definition) is 4. The second-order valence-electron chi connectivity index (χ2n) is 5.32. The van der Waals surface area contributed by atoms with Crippen molar-refractivity contribution in [2.24, 2.45) is 0 Å². The van der Waals surface area contributed by atoms with Crippen LogP contribution in [-0.4, -0.2) is 12.6 Å². The van der Waals surface area contributed by atoms with Crippen molar-refractivity contribution in [2.45, 2.75) is 37.5 Å². The van der Waals surface area contributed by atoms with Gasteiger partial charge in [-0.2, -0.15) is 0 Å². The maximum absolute atomic E-state index is 12.0. The van der Waals surface area contributed by atoms with E-state index in [9.17, 15) is 4.79 Å². The lowest BCUT2D eigenvalue weighted by atomic mass is 10.2. The van der Waals surface area contributed by atoms with Gasteiger partial charge in [-0.15, -0.1) is 0 Å². The molecule has 168 valence electrons. The van der Waals surface area contributed by atoms with Crippen LogP contribution in [0.2, 0.25) is 5.02 Å². The van der Waals surface area contributed by atoms with Gasteiger partial charge in [0.2, 0.25) is 0 Å². The summed E-state index contributed by atoms with van der Waals surface area (Å²) in [5.41, 5.74) is 0.480. The van der Waals surface area contributed by atoms with Crippen LogP contribution in [0.1, 0.15) is 43.0 Å². The molecule has 0 aliphatic carbocycles. The van der Waals surface area contributed by atoms with Gasteiger partial charge < -0.3 is 32.4 Å². The third-order valence-electron chi connectivity index (χ3n) is 3.40. The Labute approximate surface area is 176 Å². The summed E-state index contributed by atoms with van der Waals surface area (Å²) in [7, 11) is 0. The molecule has 0 atom stereocenters. The molecule has 0 unspecified atom stereocenters. The largest absolute Gasteiger partial charge is 1.00 e. The number of rotatable bonds is 9. The van der Waals surface area contributed by atoms with Crippen LogP contribution in [0.25, 0.3) is 0 Å². The minimum atomic E-state index is -0.408. The molecule has 2 aromatic carbocycles. The average molecular weight is 460 g/mol. The molecule has 3 nitrogen and oxygen atoms in total. The van der Waals surface area contributed by atoms with Gasteiger partial charge in [0.05, 0.1) is 34.1 Å². The molecule has 0 spiro atoms. The molecular weight excluding hydrogens is 439 g/mol. The lowest BCUT2D eigenvalue weighted by molar-refractivity contribution is -0.00100. The summed E-state index contributed by atoms with van der Waals surface area (Å²) in [4.78, 5) is 12.8. The molecule has 0 aliphatic heterocycles. The Morgan fingerprint density at radius 2 is 1.52 bits per heavy atom. The van der Waals surface area contributed by atoms with Crippen LogP contribution < -0.4 is 28.3 Å². The highest BCUT2D eigenvalue weighted by Gasteiger charge is 2.10. The number of hydrogen-bond donors (Lipinski definition) is 0. The fraction of sp³-hybridized carbons (Fsp3) is 0.316. The third kappa shape index (κ3) is 12.2. The summed E-state index contributed by atoms with van der Waals surface area (Å²) < 4.78 is 10.9. The van der Waals surface area contributed by atoms with Crippen molar-refractivity contribution in [3.05, 3.63) is 59.1 Å². The molecule has 2 aromatic rings. The zero-order valence-electron chi connectivity index (χ0n) is 15.6. The van der Waals surface area contributed by atoms with E-state index in [0.29, 0.717) is 22.1 Å². The molecule has 10 heteroatoms. The van der Waals surface area contributed by atoms with E-state index in [0.717, 1.165) is 24.2 Å². The molecular formula is C19H21ClF5O3S-5. The number of halogens is 6. The standard InChI is InChI=1S/C19H21ClO3S.5FH/c1-2-3-4-7-14-22-16-12-10-15(11-13-16)19(21)23-24-18-9-6-5-8-17(18)20;;;;;/h5-6,8-13H,2-4,7,14H2,1H3;5*1H/p-5. The first-order valence-corrected chi connectivity index (χ1v) is 9.19. The van der Waals surface area contributed by atoms with Gasteiger partial charge in [0.25, 0.3) is 0 Å². The number of carbonyl (C=O) groups is 1. The maximum Gasteiger partial charge on any atom is 0.350 e. The zero-order chi connectivity index (χ0) is 17.2. The topological polar surface area (TPSA) is 35.5 Å². The predicted octanol–water partition coefficient (Wildman–Crippen LogP) is -8.82. The molecule has 0 aliphatic rings. The van der Waals surface area contributed by atoms with E-state index in [4.69, 9.17) is 20.5 Å². The lowest BCUT2D eigenvalue weighted by Crippen LogP contribution is -3.00. The molecule has 0 radical (unpaired) electrons. The van der Waals surface area contributed by atoms with Gasteiger partial charge in [0.1, 0.15) is 5.75 Å². The number of benzene rings is 2. The molecule has 0 fully saturated rings. The van der Waals surface area contributed by atoms with E-state index in [1.54, 1.807) is 36.4 Å². The summed E-state index contributed by atoms with van der Waals surface area (Å²) in [5, 5.41) is 0.558. The van der Waals surface area contributed by atoms with Crippen LogP contribution in [0.3, 0.4) is 0 Å². The highest BCUT2D eigenvalue weighted by atomic mass is 35.5. The number of carbonyl (C=O) groups excluding carboxylic acids is 1. The van der Waals surface area contributed by atoms with Gasteiger partial charge in [-0.1, -0.05) is 49.9 Å². The average Bonchev–Trinajstić information content (AvgIpc) is 2.61. The summed E-state index contributed by atoms with van der Waals surface area (Å²) in [6.07, 6.45) is 4.67. The Bertz CT molecular complexity index is 663. The highest BCUT2D eigenvalue weighted by molar-refractivity contribution is 7.95. The fourth-order valence-electron chi connectivity index (χ4n) is 2.05.